The Hall–Kier alpha value is -4.11. The van der Waals surface area contributed by atoms with Crippen molar-refractivity contribution in [1.29, 1.82) is 0 Å². The Bertz CT molecular complexity index is 2010. The van der Waals surface area contributed by atoms with E-state index >= 15 is 0 Å². The molecule has 0 spiro atoms. The van der Waals surface area contributed by atoms with Crippen LogP contribution >= 0.6 is 34.5 Å². The summed E-state index contributed by atoms with van der Waals surface area (Å²) in [5.74, 6) is 0.00304. The topological polar surface area (TPSA) is 92.9 Å². The number of alkyl halides is 2. The van der Waals surface area contributed by atoms with Crippen LogP contribution < -0.4 is 20.3 Å². The standard InChI is InChI=1S/C34H27Cl2N3O4S/c1-18(40)43-28-13-27-32(24-9-5-3-7-22(24)28)20(15-36)17-39(27)34(42)30-11-10-29(44-30)33(41)38-16-19(14-35)31-23-8-4-2-6-21(23)25(37)12-26(31)38/h2-13,19-20H,14-17,37H2,1H3/t19-,20-/m1/s1. The Kier molecular flexibility index (Phi) is 7.23. The number of carbonyl (C=O) groups excluding carboxylic acids is 3. The third-order valence-corrected chi connectivity index (χ3v) is 10.3. The van der Waals surface area contributed by atoms with E-state index < -0.39 is 5.97 Å². The van der Waals surface area contributed by atoms with Gasteiger partial charge in [0.25, 0.3) is 11.8 Å². The van der Waals surface area contributed by atoms with Crippen LogP contribution in [0.15, 0.2) is 72.8 Å². The summed E-state index contributed by atoms with van der Waals surface area (Å²) in [4.78, 5) is 44.1. The number of halogens is 2. The highest BCUT2D eigenvalue weighted by molar-refractivity contribution is 7.16. The summed E-state index contributed by atoms with van der Waals surface area (Å²) >= 11 is 14.0. The van der Waals surface area contributed by atoms with Crippen molar-refractivity contribution in [2.24, 2.45) is 0 Å². The summed E-state index contributed by atoms with van der Waals surface area (Å²) in [5, 5.41) is 3.60. The lowest BCUT2D eigenvalue weighted by Gasteiger charge is -2.19. The number of thiophene rings is 1. The van der Waals surface area contributed by atoms with Crippen LogP contribution in [0.25, 0.3) is 21.5 Å². The van der Waals surface area contributed by atoms with Crippen LogP contribution in [0.3, 0.4) is 0 Å². The SMILES string of the molecule is CC(=O)Oc1cc2c(c3ccccc13)[C@H](CCl)CN2C(=O)c1ccc(C(=O)N2C[C@@H](CCl)c3c2cc(N)c2ccccc32)s1. The number of nitrogen functional groups attached to an aromatic ring is 1. The van der Waals surface area contributed by atoms with Crippen LogP contribution in [0.4, 0.5) is 17.1 Å². The maximum Gasteiger partial charge on any atom is 0.308 e. The molecule has 0 unspecified atom stereocenters. The molecule has 2 aliphatic rings. The van der Waals surface area contributed by atoms with Crippen molar-refractivity contribution in [1.82, 2.24) is 0 Å². The van der Waals surface area contributed by atoms with Gasteiger partial charge in [0.15, 0.2) is 0 Å². The number of ether oxygens (including phenoxy) is 1. The van der Waals surface area contributed by atoms with E-state index in [-0.39, 0.29) is 23.7 Å². The van der Waals surface area contributed by atoms with Gasteiger partial charge in [0.2, 0.25) is 0 Å². The molecule has 0 fully saturated rings. The van der Waals surface area contributed by atoms with Crippen LogP contribution in [0, 0.1) is 0 Å². The molecule has 0 aliphatic carbocycles. The molecule has 0 bridgehead atoms. The fourth-order valence-corrected chi connectivity index (χ4v) is 8.00. The Balaban J connectivity index is 1.23. The number of hydrogen-bond donors (Lipinski definition) is 1. The number of rotatable bonds is 5. The summed E-state index contributed by atoms with van der Waals surface area (Å²) in [6.45, 7) is 2.15. The lowest BCUT2D eigenvalue weighted by atomic mass is 9.95. The van der Waals surface area contributed by atoms with E-state index in [1.54, 1.807) is 28.0 Å². The van der Waals surface area contributed by atoms with E-state index in [0.717, 1.165) is 49.7 Å². The van der Waals surface area contributed by atoms with Crippen molar-refractivity contribution in [3.8, 4) is 5.75 Å². The van der Waals surface area contributed by atoms with E-state index in [4.69, 9.17) is 33.7 Å². The highest BCUT2D eigenvalue weighted by Crippen LogP contribution is 2.47. The fourth-order valence-electron chi connectivity index (χ4n) is 6.60. The molecule has 4 aromatic carbocycles. The van der Waals surface area contributed by atoms with Crippen molar-refractivity contribution in [3.05, 3.63) is 93.7 Å². The maximum absolute atomic E-state index is 14.0. The molecule has 2 aliphatic heterocycles. The first-order valence-electron chi connectivity index (χ1n) is 14.2. The predicted molar refractivity (Wildman–Crippen MR) is 178 cm³/mol. The van der Waals surface area contributed by atoms with Gasteiger partial charge < -0.3 is 20.3 Å². The number of nitrogens with zero attached hydrogens (tertiary/aromatic N) is 2. The van der Waals surface area contributed by atoms with Crippen molar-refractivity contribution in [2.75, 3.05) is 40.4 Å². The molecule has 2 atom stereocenters. The third kappa shape index (κ3) is 4.51. The maximum atomic E-state index is 14.0. The molecule has 2 N–H and O–H groups in total. The summed E-state index contributed by atoms with van der Waals surface area (Å²) in [6.07, 6.45) is 0. The second-order valence-corrected chi connectivity index (χ2v) is 12.8. The predicted octanol–water partition coefficient (Wildman–Crippen LogP) is 7.53. The Morgan fingerprint density at radius 1 is 0.773 bits per heavy atom. The first-order chi connectivity index (χ1) is 21.3. The van der Waals surface area contributed by atoms with E-state index in [9.17, 15) is 14.4 Å². The minimum Gasteiger partial charge on any atom is -0.426 e. The molecule has 0 radical (unpaired) electrons. The molecule has 5 aromatic rings. The van der Waals surface area contributed by atoms with E-state index in [1.165, 1.54) is 6.92 Å². The molecule has 44 heavy (non-hydrogen) atoms. The van der Waals surface area contributed by atoms with Gasteiger partial charge in [-0.2, -0.15) is 0 Å². The van der Waals surface area contributed by atoms with Gasteiger partial charge in [0.05, 0.1) is 21.1 Å². The highest BCUT2D eigenvalue weighted by Gasteiger charge is 2.38. The molecule has 1 aromatic heterocycles. The molecule has 0 saturated carbocycles. The van der Waals surface area contributed by atoms with Crippen LogP contribution in [-0.2, 0) is 4.79 Å². The molecule has 10 heteroatoms. The minimum absolute atomic E-state index is 0.0444. The highest BCUT2D eigenvalue weighted by atomic mass is 35.5. The number of anilines is 3. The molecule has 2 amide bonds. The van der Waals surface area contributed by atoms with Crippen LogP contribution in [0.1, 0.15) is 49.2 Å². The molecule has 0 saturated heterocycles. The van der Waals surface area contributed by atoms with Gasteiger partial charge in [-0.1, -0.05) is 48.5 Å². The summed E-state index contributed by atoms with van der Waals surface area (Å²) in [6, 6.07) is 22.5. The second kappa shape index (κ2) is 11.1. The Labute approximate surface area is 267 Å². The average molecular weight is 645 g/mol. The monoisotopic (exact) mass is 643 g/mol. The summed E-state index contributed by atoms with van der Waals surface area (Å²) in [7, 11) is 0. The molecular formula is C34H27Cl2N3O4S. The van der Waals surface area contributed by atoms with E-state index in [2.05, 4.69) is 0 Å². The van der Waals surface area contributed by atoms with E-state index in [1.807, 2.05) is 54.6 Å². The van der Waals surface area contributed by atoms with Gasteiger partial charge in [0, 0.05) is 66.1 Å². The van der Waals surface area contributed by atoms with Gasteiger partial charge in [0.1, 0.15) is 5.75 Å². The van der Waals surface area contributed by atoms with Gasteiger partial charge >= 0.3 is 5.97 Å². The van der Waals surface area contributed by atoms with E-state index in [0.29, 0.717) is 51.7 Å². The van der Waals surface area contributed by atoms with Gasteiger partial charge in [-0.25, -0.2) is 0 Å². The summed E-state index contributed by atoms with van der Waals surface area (Å²) in [5.41, 5.74) is 10.4. The zero-order valence-electron chi connectivity index (χ0n) is 23.7. The van der Waals surface area contributed by atoms with Crippen molar-refractivity contribution < 1.29 is 19.1 Å². The zero-order chi connectivity index (χ0) is 30.7. The largest absolute Gasteiger partial charge is 0.426 e. The number of benzene rings is 4. The minimum atomic E-state index is -0.448. The van der Waals surface area contributed by atoms with Gasteiger partial charge in [-0.3, -0.25) is 14.4 Å². The third-order valence-electron chi connectivity index (χ3n) is 8.47. The molecular weight excluding hydrogens is 617 g/mol. The first-order valence-corrected chi connectivity index (χ1v) is 16.1. The quantitative estimate of drug-likeness (QED) is 0.0925. The smallest absolute Gasteiger partial charge is 0.308 e. The average Bonchev–Trinajstić information content (AvgIpc) is 3.76. The first kappa shape index (κ1) is 28.6. The number of amides is 2. The number of esters is 1. The normalized spacial score (nSPS) is 17.2. The molecule has 7 nitrogen and oxygen atoms in total. The van der Waals surface area contributed by atoms with Crippen LogP contribution in [0.5, 0.6) is 5.75 Å². The van der Waals surface area contributed by atoms with Crippen molar-refractivity contribution in [3.63, 3.8) is 0 Å². The Morgan fingerprint density at radius 3 is 1.77 bits per heavy atom. The van der Waals surface area contributed by atoms with Crippen LogP contribution in [0.2, 0.25) is 0 Å². The van der Waals surface area contributed by atoms with Gasteiger partial charge in [-0.05, 0) is 40.1 Å². The van der Waals surface area contributed by atoms with Crippen LogP contribution in [-0.4, -0.2) is 42.6 Å². The van der Waals surface area contributed by atoms with Gasteiger partial charge in [-0.15, -0.1) is 34.5 Å². The van der Waals surface area contributed by atoms with Crippen molar-refractivity contribution >= 4 is 90.9 Å². The Morgan fingerprint density at radius 2 is 1.25 bits per heavy atom. The number of fused-ring (bicyclic) bond motifs is 6. The molecule has 3 heterocycles. The number of nitrogens with two attached hydrogens (primary N) is 1. The molecule has 222 valence electrons. The zero-order valence-corrected chi connectivity index (χ0v) is 26.0. The number of hydrogen-bond acceptors (Lipinski definition) is 6. The lowest BCUT2D eigenvalue weighted by molar-refractivity contribution is -0.131. The van der Waals surface area contributed by atoms with Crippen molar-refractivity contribution in [2.45, 2.75) is 18.8 Å². The second-order valence-electron chi connectivity index (χ2n) is 11.1. The molecule has 7 rings (SSSR count). The summed E-state index contributed by atoms with van der Waals surface area (Å²) < 4.78 is 5.55. The fraction of sp³-hybridized carbons (Fsp3) is 0.206. The number of carbonyl (C=O) groups is 3. The lowest BCUT2D eigenvalue weighted by Crippen LogP contribution is -2.30.